The second-order valence-corrected chi connectivity index (χ2v) is 9.77. The molecule has 1 atom stereocenters. The van der Waals surface area contributed by atoms with Crippen molar-refractivity contribution < 1.29 is 13.2 Å². The first-order valence-electron chi connectivity index (χ1n) is 9.96. The van der Waals surface area contributed by atoms with Gasteiger partial charge in [0.1, 0.15) is 6.33 Å². The minimum absolute atomic E-state index is 0.0239. The lowest BCUT2D eigenvalue weighted by Crippen LogP contribution is -2.39. The van der Waals surface area contributed by atoms with Crippen molar-refractivity contribution in [2.75, 3.05) is 30.2 Å². The summed E-state index contributed by atoms with van der Waals surface area (Å²) in [5, 5.41) is 4.27. The lowest BCUT2D eigenvalue weighted by atomic mass is 9.94. The maximum Gasteiger partial charge on any atom is 0.253 e. The summed E-state index contributed by atoms with van der Waals surface area (Å²) in [5.74, 6) is 0.694. The molecule has 0 saturated carbocycles. The summed E-state index contributed by atoms with van der Waals surface area (Å²) >= 11 is 0. The average molecular weight is 427 g/mol. The van der Waals surface area contributed by atoms with Crippen molar-refractivity contribution in [3.8, 4) is 0 Å². The van der Waals surface area contributed by atoms with Crippen LogP contribution in [0.5, 0.6) is 0 Å². The Hall–Kier alpha value is -3.01. The molecule has 0 bridgehead atoms. The fourth-order valence-electron chi connectivity index (χ4n) is 4.50. The maximum absolute atomic E-state index is 13.2. The lowest BCUT2D eigenvalue weighted by Gasteiger charge is -2.33. The van der Waals surface area contributed by atoms with E-state index >= 15 is 0 Å². The van der Waals surface area contributed by atoms with Gasteiger partial charge in [0.2, 0.25) is 10.0 Å². The third-order valence-corrected chi connectivity index (χ3v) is 7.10. The van der Waals surface area contributed by atoms with E-state index < -0.39 is 10.0 Å². The van der Waals surface area contributed by atoms with E-state index in [1.54, 1.807) is 22.8 Å². The number of fused-ring (bicyclic) bond motifs is 2. The van der Waals surface area contributed by atoms with Crippen molar-refractivity contribution in [1.29, 1.82) is 0 Å². The molecule has 1 amide bonds. The Bertz CT molecular complexity index is 1240. The number of sulfonamides is 1. The zero-order valence-electron chi connectivity index (χ0n) is 16.6. The number of nitrogens with zero attached hydrogens (tertiary/aromatic N) is 6. The van der Waals surface area contributed by atoms with Crippen molar-refractivity contribution >= 4 is 27.4 Å². The van der Waals surface area contributed by atoms with Crippen LogP contribution in [-0.4, -0.2) is 64.7 Å². The predicted octanol–water partition coefficient (Wildman–Crippen LogP) is 1.47. The van der Waals surface area contributed by atoms with Crippen LogP contribution in [0.4, 0.5) is 5.69 Å². The standard InChI is InChI=1S/C20H22N6O3S/c1-30(28,29)25-10-7-14-11-15(4-5-17(14)25)19(27)24-9-2-3-16(12-24)18-6-8-21-20-22-13-23-26(18)20/h4-6,8,11,13,16H,2-3,7,9-10,12H2,1H3/t16-/m1/s1. The molecule has 0 unspecified atom stereocenters. The van der Waals surface area contributed by atoms with Crippen LogP contribution in [0.15, 0.2) is 36.8 Å². The Kier molecular flexibility index (Phi) is 4.46. The van der Waals surface area contributed by atoms with Gasteiger partial charge in [-0.2, -0.15) is 10.1 Å². The van der Waals surface area contributed by atoms with Crippen LogP contribution < -0.4 is 4.31 Å². The Morgan fingerprint density at radius 2 is 2.03 bits per heavy atom. The summed E-state index contributed by atoms with van der Waals surface area (Å²) in [5.41, 5.74) is 3.19. The molecule has 2 aromatic heterocycles. The molecule has 5 rings (SSSR count). The lowest BCUT2D eigenvalue weighted by molar-refractivity contribution is 0.0705. The highest BCUT2D eigenvalue weighted by Crippen LogP contribution is 2.32. The van der Waals surface area contributed by atoms with Gasteiger partial charge in [-0.3, -0.25) is 9.10 Å². The van der Waals surface area contributed by atoms with Crippen LogP contribution in [-0.2, 0) is 16.4 Å². The van der Waals surface area contributed by atoms with Crippen molar-refractivity contribution in [2.24, 2.45) is 0 Å². The number of rotatable bonds is 3. The second-order valence-electron chi connectivity index (χ2n) is 7.86. The molecular weight excluding hydrogens is 404 g/mol. The van der Waals surface area contributed by atoms with Crippen LogP contribution >= 0.6 is 0 Å². The predicted molar refractivity (Wildman–Crippen MR) is 111 cm³/mol. The van der Waals surface area contributed by atoms with Gasteiger partial charge in [0, 0.05) is 37.3 Å². The molecule has 30 heavy (non-hydrogen) atoms. The zero-order chi connectivity index (χ0) is 20.9. The number of hydrogen-bond acceptors (Lipinski definition) is 6. The summed E-state index contributed by atoms with van der Waals surface area (Å²) in [6.07, 6.45) is 6.92. The number of piperidine rings is 1. The highest BCUT2D eigenvalue weighted by atomic mass is 32.2. The minimum atomic E-state index is -3.30. The second kappa shape index (κ2) is 7.05. The van der Waals surface area contributed by atoms with E-state index in [0.29, 0.717) is 43.1 Å². The zero-order valence-corrected chi connectivity index (χ0v) is 17.4. The van der Waals surface area contributed by atoms with Crippen molar-refractivity contribution in [2.45, 2.75) is 25.2 Å². The van der Waals surface area contributed by atoms with E-state index in [9.17, 15) is 13.2 Å². The fraction of sp³-hybridized carbons (Fsp3) is 0.400. The van der Waals surface area contributed by atoms with Gasteiger partial charge in [-0.15, -0.1) is 0 Å². The highest BCUT2D eigenvalue weighted by Gasteiger charge is 2.30. The SMILES string of the molecule is CS(=O)(=O)N1CCc2cc(C(=O)N3CCC[C@@H](c4ccnc5ncnn45)C3)ccc21. The first-order chi connectivity index (χ1) is 14.4. The number of aromatic nitrogens is 4. The Morgan fingerprint density at radius 1 is 1.17 bits per heavy atom. The third kappa shape index (κ3) is 3.20. The normalized spacial score (nSPS) is 19.3. The van der Waals surface area contributed by atoms with E-state index in [4.69, 9.17) is 0 Å². The van der Waals surface area contributed by atoms with Crippen molar-refractivity contribution in [3.05, 3.63) is 53.6 Å². The molecule has 1 fully saturated rings. The number of carbonyl (C=O) groups is 1. The summed E-state index contributed by atoms with van der Waals surface area (Å²) in [6, 6.07) is 7.26. The Labute approximate surface area is 174 Å². The number of likely N-dealkylation sites (tertiary alicyclic amines) is 1. The molecule has 156 valence electrons. The number of carbonyl (C=O) groups excluding carboxylic acids is 1. The summed E-state index contributed by atoms with van der Waals surface area (Å²) < 4.78 is 27.0. The van der Waals surface area contributed by atoms with Gasteiger partial charge in [0.15, 0.2) is 0 Å². The molecule has 1 saturated heterocycles. The summed E-state index contributed by atoms with van der Waals surface area (Å²) in [6.45, 7) is 1.73. The molecule has 10 heteroatoms. The third-order valence-electron chi connectivity index (χ3n) is 5.92. The van der Waals surface area contributed by atoms with Gasteiger partial charge in [0.25, 0.3) is 11.7 Å². The molecule has 4 heterocycles. The fourth-order valence-corrected chi connectivity index (χ4v) is 5.46. The maximum atomic E-state index is 13.2. The van der Waals surface area contributed by atoms with Crippen LogP contribution in [0.25, 0.3) is 5.78 Å². The molecule has 0 radical (unpaired) electrons. The first-order valence-corrected chi connectivity index (χ1v) is 11.8. The van der Waals surface area contributed by atoms with Crippen molar-refractivity contribution in [3.63, 3.8) is 0 Å². The topological polar surface area (TPSA) is 101 Å². The number of hydrogen-bond donors (Lipinski definition) is 0. The van der Waals surface area contributed by atoms with Crippen LogP contribution in [0.3, 0.4) is 0 Å². The minimum Gasteiger partial charge on any atom is -0.338 e. The Morgan fingerprint density at radius 3 is 2.87 bits per heavy atom. The molecule has 2 aliphatic rings. The van der Waals surface area contributed by atoms with Crippen molar-refractivity contribution in [1.82, 2.24) is 24.5 Å². The van der Waals surface area contributed by atoms with Gasteiger partial charge < -0.3 is 4.90 Å². The molecule has 3 aromatic rings. The molecule has 0 N–H and O–H groups in total. The van der Waals surface area contributed by atoms with Crippen LogP contribution in [0.2, 0.25) is 0 Å². The number of benzene rings is 1. The summed E-state index contributed by atoms with van der Waals surface area (Å²) in [4.78, 5) is 23.5. The molecule has 9 nitrogen and oxygen atoms in total. The van der Waals surface area contributed by atoms with Crippen LogP contribution in [0, 0.1) is 0 Å². The van der Waals surface area contributed by atoms with E-state index in [1.807, 2.05) is 17.0 Å². The van der Waals surface area contributed by atoms with Crippen LogP contribution in [0.1, 0.15) is 40.4 Å². The highest BCUT2D eigenvalue weighted by molar-refractivity contribution is 7.92. The summed E-state index contributed by atoms with van der Waals surface area (Å²) in [7, 11) is -3.30. The molecular formula is C20H22N6O3S. The number of amides is 1. The van der Waals surface area contributed by atoms with E-state index in [0.717, 1.165) is 24.1 Å². The largest absolute Gasteiger partial charge is 0.338 e. The van der Waals surface area contributed by atoms with E-state index in [2.05, 4.69) is 15.1 Å². The molecule has 1 aromatic carbocycles. The van der Waals surface area contributed by atoms with Gasteiger partial charge >= 0.3 is 0 Å². The molecule has 0 aliphatic carbocycles. The monoisotopic (exact) mass is 426 g/mol. The van der Waals surface area contributed by atoms with Gasteiger partial charge in [-0.1, -0.05) is 0 Å². The van der Waals surface area contributed by atoms with Gasteiger partial charge in [-0.05, 0) is 49.1 Å². The molecule has 0 spiro atoms. The quantitative estimate of drug-likeness (QED) is 0.629. The van der Waals surface area contributed by atoms with Gasteiger partial charge in [0.05, 0.1) is 17.6 Å². The molecule has 2 aliphatic heterocycles. The average Bonchev–Trinajstić information content (AvgIpc) is 3.39. The van der Waals surface area contributed by atoms with E-state index in [-0.39, 0.29) is 11.8 Å². The first kappa shape index (κ1) is 19.0. The van der Waals surface area contributed by atoms with E-state index in [1.165, 1.54) is 16.9 Å². The smallest absolute Gasteiger partial charge is 0.253 e. The van der Waals surface area contributed by atoms with Gasteiger partial charge in [-0.25, -0.2) is 17.9 Å². The Balaban J connectivity index is 1.39. The number of anilines is 1.